The second-order valence-corrected chi connectivity index (χ2v) is 3.58. The van der Waals surface area contributed by atoms with Crippen LogP contribution in [0.25, 0.3) is 0 Å². The molecule has 0 atom stereocenters. The molecule has 0 unspecified atom stereocenters. The first kappa shape index (κ1) is 10.4. The average molecular weight is 190 g/mol. The molecular weight excluding hydrogens is 174 g/mol. The van der Waals surface area contributed by atoms with Crippen LogP contribution in [0.15, 0.2) is 0 Å². The van der Waals surface area contributed by atoms with Crippen molar-refractivity contribution < 1.29 is 8.78 Å². The summed E-state index contributed by atoms with van der Waals surface area (Å²) in [5.41, 5.74) is 0. The van der Waals surface area contributed by atoms with Gasteiger partial charge in [-0.1, -0.05) is 6.92 Å². The molecule has 0 radical (unpaired) electrons. The van der Waals surface area contributed by atoms with Gasteiger partial charge in [-0.05, 0) is 12.8 Å². The smallest absolute Gasteiger partial charge is 0.265 e. The van der Waals surface area contributed by atoms with Gasteiger partial charge in [-0.2, -0.15) is 0 Å². The molecule has 0 bridgehead atoms. The van der Waals surface area contributed by atoms with Crippen LogP contribution in [-0.4, -0.2) is 29.7 Å². The predicted molar refractivity (Wildman–Crippen MR) is 48.4 cm³/mol. The quantitative estimate of drug-likeness (QED) is 0.525. The first-order chi connectivity index (χ1) is 6.05. The molecule has 4 heteroatoms. The third-order valence-electron chi connectivity index (χ3n) is 2.26. The molecule has 1 saturated heterocycles. The van der Waals surface area contributed by atoms with Crippen molar-refractivity contribution >= 4 is 5.84 Å². The summed E-state index contributed by atoms with van der Waals surface area (Å²) in [6.07, 6.45) is 1.93. The molecule has 0 amide bonds. The van der Waals surface area contributed by atoms with Crippen LogP contribution in [0, 0.1) is 5.41 Å². The van der Waals surface area contributed by atoms with Gasteiger partial charge in [0.25, 0.3) is 5.92 Å². The van der Waals surface area contributed by atoms with Gasteiger partial charge in [0.05, 0.1) is 12.4 Å². The molecule has 13 heavy (non-hydrogen) atoms. The molecule has 1 N–H and O–H groups in total. The van der Waals surface area contributed by atoms with Gasteiger partial charge in [0.2, 0.25) is 0 Å². The Balaban J connectivity index is 2.47. The number of nitrogens with zero attached hydrogens (tertiary/aromatic N) is 1. The topological polar surface area (TPSA) is 27.1 Å². The number of hydrogen-bond donors (Lipinski definition) is 1. The number of alkyl halides is 2. The molecule has 0 aromatic heterocycles. The van der Waals surface area contributed by atoms with Crippen LogP contribution in [-0.2, 0) is 0 Å². The first-order valence-electron chi connectivity index (χ1n) is 4.75. The summed E-state index contributed by atoms with van der Waals surface area (Å²) < 4.78 is 25.8. The van der Waals surface area contributed by atoms with E-state index in [-0.39, 0.29) is 13.0 Å². The molecule has 1 aliphatic heterocycles. The predicted octanol–water partition coefficient (Wildman–Crippen LogP) is 2.49. The van der Waals surface area contributed by atoms with Crippen molar-refractivity contribution in [2.75, 3.05) is 13.1 Å². The highest BCUT2D eigenvalue weighted by Crippen LogP contribution is 2.26. The van der Waals surface area contributed by atoms with Crippen molar-refractivity contribution in [2.45, 2.75) is 38.5 Å². The van der Waals surface area contributed by atoms with Gasteiger partial charge in [0.15, 0.2) is 0 Å². The number of amidine groups is 1. The highest BCUT2D eigenvalue weighted by Gasteiger charge is 2.35. The van der Waals surface area contributed by atoms with Crippen LogP contribution in [0.1, 0.15) is 32.6 Å². The third-order valence-corrected chi connectivity index (χ3v) is 2.26. The highest BCUT2D eigenvalue weighted by atomic mass is 19.3. The maximum absolute atomic E-state index is 12.9. The Morgan fingerprint density at radius 3 is 2.77 bits per heavy atom. The molecule has 0 aliphatic carbocycles. The Kier molecular flexibility index (Phi) is 3.22. The minimum Gasteiger partial charge on any atom is -0.355 e. The zero-order valence-corrected chi connectivity index (χ0v) is 7.95. The maximum Gasteiger partial charge on any atom is 0.265 e. The summed E-state index contributed by atoms with van der Waals surface area (Å²) in [4.78, 5) is 1.51. The number of piperidine rings is 1. The van der Waals surface area contributed by atoms with Gasteiger partial charge < -0.3 is 4.90 Å². The summed E-state index contributed by atoms with van der Waals surface area (Å²) in [7, 11) is 0. The SMILES string of the molecule is CCCC(=N)N1CCCC(F)(F)C1. The number of halogens is 2. The van der Waals surface area contributed by atoms with Gasteiger partial charge >= 0.3 is 0 Å². The third kappa shape index (κ3) is 2.94. The number of nitrogens with one attached hydrogen (secondary N) is 1. The fourth-order valence-corrected chi connectivity index (χ4v) is 1.59. The molecule has 76 valence electrons. The normalized spacial score (nSPS) is 21.6. The van der Waals surface area contributed by atoms with E-state index in [1.54, 1.807) is 0 Å². The molecule has 0 spiro atoms. The van der Waals surface area contributed by atoms with Gasteiger partial charge in [-0.3, -0.25) is 5.41 Å². The summed E-state index contributed by atoms with van der Waals surface area (Å²) in [5.74, 6) is -2.22. The number of hydrogen-bond acceptors (Lipinski definition) is 1. The Hall–Kier alpha value is -0.670. The minimum atomic E-state index is -2.59. The first-order valence-corrected chi connectivity index (χ1v) is 4.75. The second-order valence-electron chi connectivity index (χ2n) is 3.58. The monoisotopic (exact) mass is 190 g/mol. The van der Waals surface area contributed by atoms with Crippen molar-refractivity contribution in [1.82, 2.24) is 4.90 Å². The number of likely N-dealkylation sites (tertiary alicyclic amines) is 1. The van der Waals surface area contributed by atoms with Crippen LogP contribution in [0.3, 0.4) is 0 Å². The standard InChI is InChI=1S/C9H16F2N2/c1-2-4-8(12)13-6-3-5-9(10,11)7-13/h12H,2-7H2,1H3. The summed E-state index contributed by atoms with van der Waals surface area (Å²) >= 11 is 0. The van der Waals surface area contributed by atoms with Crippen LogP contribution in [0.4, 0.5) is 8.78 Å². The lowest BCUT2D eigenvalue weighted by Crippen LogP contribution is -2.45. The van der Waals surface area contributed by atoms with E-state index in [9.17, 15) is 8.78 Å². The Labute approximate surface area is 77.4 Å². The zero-order chi connectivity index (χ0) is 9.90. The van der Waals surface area contributed by atoms with Crippen molar-refractivity contribution in [3.05, 3.63) is 0 Å². The lowest BCUT2D eigenvalue weighted by molar-refractivity contribution is -0.0473. The molecule has 2 nitrogen and oxygen atoms in total. The van der Waals surface area contributed by atoms with E-state index in [4.69, 9.17) is 5.41 Å². The maximum atomic E-state index is 12.9. The molecule has 1 fully saturated rings. The van der Waals surface area contributed by atoms with Crippen molar-refractivity contribution in [1.29, 1.82) is 5.41 Å². The Morgan fingerprint density at radius 1 is 1.54 bits per heavy atom. The van der Waals surface area contributed by atoms with E-state index < -0.39 is 5.92 Å². The number of rotatable bonds is 2. The Bertz CT molecular complexity index is 192. The van der Waals surface area contributed by atoms with Crippen molar-refractivity contribution in [3.8, 4) is 0 Å². The summed E-state index contributed by atoms with van der Waals surface area (Å²) in [5, 5.41) is 7.55. The summed E-state index contributed by atoms with van der Waals surface area (Å²) in [6, 6.07) is 0. The molecule has 1 rings (SSSR count). The van der Waals surface area contributed by atoms with E-state index in [0.29, 0.717) is 25.2 Å². The fourth-order valence-electron chi connectivity index (χ4n) is 1.59. The van der Waals surface area contributed by atoms with E-state index >= 15 is 0 Å². The minimum absolute atomic E-state index is 0.0249. The average Bonchev–Trinajstić information content (AvgIpc) is 2.03. The molecular formula is C9H16F2N2. The Morgan fingerprint density at radius 2 is 2.23 bits per heavy atom. The van der Waals surface area contributed by atoms with Crippen LogP contribution in [0.5, 0.6) is 0 Å². The van der Waals surface area contributed by atoms with E-state index in [2.05, 4.69) is 0 Å². The largest absolute Gasteiger partial charge is 0.355 e. The molecule has 1 heterocycles. The zero-order valence-electron chi connectivity index (χ0n) is 7.95. The van der Waals surface area contributed by atoms with E-state index in [0.717, 1.165) is 6.42 Å². The van der Waals surface area contributed by atoms with Gasteiger partial charge in [0.1, 0.15) is 0 Å². The second kappa shape index (κ2) is 4.03. The van der Waals surface area contributed by atoms with E-state index in [1.807, 2.05) is 6.92 Å². The molecule has 0 saturated carbocycles. The fraction of sp³-hybridized carbons (Fsp3) is 0.889. The highest BCUT2D eigenvalue weighted by molar-refractivity contribution is 5.79. The van der Waals surface area contributed by atoms with Crippen LogP contribution in [0.2, 0.25) is 0 Å². The van der Waals surface area contributed by atoms with Crippen molar-refractivity contribution in [3.63, 3.8) is 0 Å². The van der Waals surface area contributed by atoms with Crippen LogP contribution < -0.4 is 0 Å². The summed E-state index contributed by atoms with van der Waals surface area (Å²) in [6.45, 7) is 2.32. The van der Waals surface area contributed by atoms with Gasteiger partial charge in [-0.25, -0.2) is 8.78 Å². The van der Waals surface area contributed by atoms with E-state index in [1.165, 1.54) is 4.90 Å². The van der Waals surface area contributed by atoms with Gasteiger partial charge in [0, 0.05) is 19.4 Å². The molecule has 0 aromatic carbocycles. The lowest BCUT2D eigenvalue weighted by Gasteiger charge is -2.34. The molecule has 0 aromatic rings. The molecule has 1 aliphatic rings. The van der Waals surface area contributed by atoms with Gasteiger partial charge in [-0.15, -0.1) is 0 Å². The van der Waals surface area contributed by atoms with Crippen molar-refractivity contribution in [2.24, 2.45) is 0 Å². The van der Waals surface area contributed by atoms with Crippen LogP contribution >= 0.6 is 0 Å². The lowest BCUT2D eigenvalue weighted by atomic mass is 10.1.